The lowest BCUT2D eigenvalue weighted by Gasteiger charge is -2.18. The highest BCUT2D eigenvalue weighted by atomic mass is 79.9. The van der Waals surface area contributed by atoms with Crippen LogP contribution in [0.4, 0.5) is 0 Å². The normalized spacial score (nSPS) is 15.4. The van der Waals surface area contributed by atoms with E-state index in [1.54, 1.807) is 0 Å². The van der Waals surface area contributed by atoms with Crippen LogP contribution in [0.15, 0.2) is 28.7 Å². The first-order valence-electron chi connectivity index (χ1n) is 4.05. The van der Waals surface area contributed by atoms with Crippen molar-refractivity contribution in [1.82, 2.24) is 0 Å². The minimum absolute atomic E-state index is 0.169. The second kappa shape index (κ2) is 4.72. The zero-order valence-electron chi connectivity index (χ0n) is 7.15. The number of aliphatic hydroxyl groups excluding tert-OH is 1. The second-order valence-corrected chi connectivity index (χ2v) is 3.70. The highest BCUT2D eigenvalue weighted by Gasteiger charge is 2.16. The van der Waals surface area contributed by atoms with E-state index in [0.29, 0.717) is 0 Å². The van der Waals surface area contributed by atoms with Crippen LogP contribution in [0.3, 0.4) is 0 Å². The topological polar surface area (TPSA) is 72.3 Å². The molecule has 0 bridgehead atoms. The summed E-state index contributed by atoms with van der Waals surface area (Å²) in [6, 6.07) is 7.10. The Labute approximate surface area is 85.9 Å². The predicted molar refractivity (Wildman–Crippen MR) is 56.1 cm³/mol. The molecule has 0 saturated carbocycles. The Hall–Kier alpha value is -0.420. The van der Waals surface area contributed by atoms with Crippen LogP contribution >= 0.6 is 15.9 Å². The SMILES string of the molecule is NCC(O)C(N)c1ccccc1Br. The Kier molecular flexibility index (Phi) is 3.87. The van der Waals surface area contributed by atoms with E-state index in [1.807, 2.05) is 24.3 Å². The fraction of sp³-hybridized carbons (Fsp3) is 0.333. The van der Waals surface area contributed by atoms with Crippen molar-refractivity contribution in [2.45, 2.75) is 12.1 Å². The third-order valence-corrected chi connectivity index (χ3v) is 2.64. The lowest BCUT2D eigenvalue weighted by molar-refractivity contribution is 0.152. The molecule has 3 nitrogen and oxygen atoms in total. The Morgan fingerprint density at radius 2 is 2.00 bits per heavy atom. The molecule has 0 aromatic heterocycles. The Morgan fingerprint density at radius 1 is 1.38 bits per heavy atom. The molecule has 0 heterocycles. The molecule has 0 spiro atoms. The number of hydrogen-bond donors (Lipinski definition) is 3. The maximum atomic E-state index is 9.43. The molecule has 72 valence electrons. The smallest absolute Gasteiger partial charge is 0.0855 e. The molecule has 0 aliphatic heterocycles. The number of rotatable bonds is 3. The van der Waals surface area contributed by atoms with E-state index in [9.17, 15) is 5.11 Å². The van der Waals surface area contributed by atoms with E-state index in [0.717, 1.165) is 10.0 Å². The molecule has 0 aliphatic carbocycles. The first-order chi connectivity index (χ1) is 6.16. The van der Waals surface area contributed by atoms with Gasteiger partial charge in [0.2, 0.25) is 0 Å². The van der Waals surface area contributed by atoms with Gasteiger partial charge in [-0.15, -0.1) is 0 Å². The lowest BCUT2D eigenvalue weighted by Crippen LogP contribution is -2.32. The summed E-state index contributed by atoms with van der Waals surface area (Å²) in [6.07, 6.45) is -0.696. The summed E-state index contributed by atoms with van der Waals surface area (Å²) in [5, 5.41) is 9.43. The van der Waals surface area contributed by atoms with Crippen LogP contribution in [0, 0.1) is 0 Å². The first kappa shape index (κ1) is 10.7. The molecule has 1 aromatic carbocycles. The van der Waals surface area contributed by atoms with Crippen LogP contribution in [-0.2, 0) is 0 Å². The maximum Gasteiger partial charge on any atom is 0.0855 e. The van der Waals surface area contributed by atoms with Crippen molar-refractivity contribution in [3.05, 3.63) is 34.3 Å². The van der Waals surface area contributed by atoms with E-state index in [-0.39, 0.29) is 6.54 Å². The summed E-state index contributed by atoms with van der Waals surface area (Å²) in [6.45, 7) is 0.169. The van der Waals surface area contributed by atoms with Crippen molar-refractivity contribution in [3.63, 3.8) is 0 Å². The van der Waals surface area contributed by atoms with Crippen molar-refractivity contribution >= 4 is 15.9 Å². The fourth-order valence-corrected chi connectivity index (χ4v) is 1.65. The Morgan fingerprint density at radius 3 is 2.54 bits per heavy atom. The minimum Gasteiger partial charge on any atom is -0.390 e. The largest absolute Gasteiger partial charge is 0.390 e. The van der Waals surface area contributed by atoms with Gasteiger partial charge in [0.25, 0.3) is 0 Å². The number of benzene rings is 1. The molecule has 1 rings (SSSR count). The molecule has 0 amide bonds. The summed E-state index contributed by atoms with van der Waals surface area (Å²) >= 11 is 3.36. The predicted octanol–water partition coefficient (Wildman–Crippen LogP) is 0.769. The summed E-state index contributed by atoms with van der Waals surface area (Å²) in [5.74, 6) is 0. The van der Waals surface area contributed by atoms with Gasteiger partial charge in [0.15, 0.2) is 0 Å². The van der Waals surface area contributed by atoms with Crippen LogP contribution in [0.2, 0.25) is 0 Å². The minimum atomic E-state index is -0.696. The Bertz CT molecular complexity index is 280. The van der Waals surface area contributed by atoms with Gasteiger partial charge in [-0.2, -0.15) is 0 Å². The van der Waals surface area contributed by atoms with E-state index < -0.39 is 12.1 Å². The third-order valence-electron chi connectivity index (χ3n) is 1.92. The zero-order chi connectivity index (χ0) is 9.84. The van der Waals surface area contributed by atoms with Crippen molar-refractivity contribution < 1.29 is 5.11 Å². The van der Waals surface area contributed by atoms with Gasteiger partial charge >= 0.3 is 0 Å². The van der Waals surface area contributed by atoms with Gasteiger partial charge in [-0.25, -0.2) is 0 Å². The van der Waals surface area contributed by atoms with Crippen LogP contribution in [0.1, 0.15) is 11.6 Å². The van der Waals surface area contributed by atoms with Gasteiger partial charge in [0.05, 0.1) is 12.1 Å². The lowest BCUT2D eigenvalue weighted by atomic mass is 10.0. The zero-order valence-corrected chi connectivity index (χ0v) is 8.74. The summed E-state index contributed by atoms with van der Waals surface area (Å²) < 4.78 is 0.898. The van der Waals surface area contributed by atoms with E-state index in [1.165, 1.54) is 0 Å². The molecule has 0 saturated heterocycles. The third kappa shape index (κ3) is 2.51. The molecular formula is C9H13BrN2O. The first-order valence-corrected chi connectivity index (χ1v) is 4.84. The van der Waals surface area contributed by atoms with Gasteiger partial charge < -0.3 is 16.6 Å². The highest BCUT2D eigenvalue weighted by Crippen LogP contribution is 2.23. The molecule has 0 fully saturated rings. The summed E-state index contributed by atoms with van der Waals surface area (Å²) in [7, 11) is 0. The van der Waals surface area contributed by atoms with E-state index in [4.69, 9.17) is 11.5 Å². The summed E-state index contributed by atoms with van der Waals surface area (Å²) in [4.78, 5) is 0. The van der Waals surface area contributed by atoms with E-state index in [2.05, 4.69) is 15.9 Å². The standard InChI is InChI=1S/C9H13BrN2O/c10-7-4-2-1-3-6(7)9(12)8(13)5-11/h1-4,8-9,13H,5,11-12H2. The van der Waals surface area contributed by atoms with Crippen molar-refractivity contribution in [2.24, 2.45) is 11.5 Å². The van der Waals surface area contributed by atoms with Gasteiger partial charge in [-0.3, -0.25) is 0 Å². The van der Waals surface area contributed by atoms with Gasteiger partial charge in [-0.1, -0.05) is 34.1 Å². The molecule has 0 radical (unpaired) electrons. The fourth-order valence-electron chi connectivity index (χ4n) is 1.10. The monoisotopic (exact) mass is 244 g/mol. The summed E-state index contributed by atoms with van der Waals surface area (Å²) in [5.41, 5.74) is 12.0. The molecule has 1 aromatic rings. The average Bonchev–Trinajstić information content (AvgIpc) is 2.16. The molecule has 2 atom stereocenters. The molecule has 2 unspecified atom stereocenters. The highest BCUT2D eigenvalue weighted by molar-refractivity contribution is 9.10. The molecule has 5 N–H and O–H groups in total. The van der Waals surface area contributed by atoms with Crippen LogP contribution < -0.4 is 11.5 Å². The van der Waals surface area contributed by atoms with Crippen molar-refractivity contribution in [2.75, 3.05) is 6.54 Å². The van der Waals surface area contributed by atoms with Crippen LogP contribution in [0.25, 0.3) is 0 Å². The molecule has 4 heteroatoms. The van der Waals surface area contributed by atoms with Gasteiger partial charge in [-0.05, 0) is 11.6 Å². The quantitative estimate of drug-likeness (QED) is 0.736. The molecule has 13 heavy (non-hydrogen) atoms. The number of halogens is 1. The Balaban J connectivity index is 2.88. The average molecular weight is 245 g/mol. The number of aliphatic hydroxyl groups is 1. The van der Waals surface area contributed by atoms with Crippen LogP contribution in [0.5, 0.6) is 0 Å². The number of hydrogen-bond acceptors (Lipinski definition) is 3. The maximum absolute atomic E-state index is 9.43. The van der Waals surface area contributed by atoms with Crippen LogP contribution in [-0.4, -0.2) is 17.8 Å². The van der Waals surface area contributed by atoms with Crippen molar-refractivity contribution in [3.8, 4) is 0 Å². The second-order valence-electron chi connectivity index (χ2n) is 2.85. The molecular weight excluding hydrogens is 232 g/mol. The van der Waals surface area contributed by atoms with Gasteiger partial charge in [0.1, 0.15) is 0 Å². The van der Waals surface area contributed by atoms with E-state index >= 15 is 0 Å². The number of nitrogens with two attached hydrogens (primary N) is 2. The van der Waals surface area contributed by atoms with Gasteiger partial charge in [0, 0.05) is 11.0 Å². The van der Waals surface area contributed by atoms with Crippen molar-refractivity contribution in [1.29, 1.82) is 0 Å². The molecule has 0 aliphatic rings.